The molecule has 0 bridgehead atoms. The van der Waals surface area contributed by atoms with Crippen LogP contribution in [0.5, 0.6) is 0 Å². The van der Waals surface area contributed by atoms with E-state index < -0.39 is 0 Å². The van der Waals surface area contributed by atoms with Crippen LogP contribution < -0.4 is 0 Å². The van der Waals surface area contributed by atoms with Gasteiger partial charge in [0.2, 0.25) is 0 Å². The molecular weight excluding hydrogens is 232 g/mol. The Morgan fingerprint density at radius 1 is 1.29 bits per heavy atom. The monoisotopic (exact) mass is 250 g/mol. The molecule has 92 valence electrons. The normalized spacial score (nSPS) is 18.3. The summed E-state index contributed by atoms with van der Waals surface area (Å²) in [5.41, 5.74) is 2.46. The summed E-state index contributed by atoms with van der Waals surface area (Å²) < 4.78 is 0. The van der Waals surface area contributed by atoms with Gasteiger partial charge in [-0.05, 0) is 7.05 Å². The number of nitrogens with zero attached hydrogens (tertiary/aromatic N) is 2. The van der Waals surface area contributed by atoms with Crippen LogP contribution >= 0.6 is 11.6 Å². The van der Waals surface area contributed by atoms with E-state index in [1.807, 2.05) is 18.6 Å². The molecule has 1 saturated heterocycles. The molecule has 17 heavy (non-hydrogen) atoms. The van der Waals surface area contributed by atoms with Crippen molar-refractivity contribution in [3.63, 3.8) is 0 Å². The summed E-state index contributed by atoms with van der Waals surface area (Å²) in [5.74, 6) is 0. The van der Waals surface area contributed by atoms with Gasteiger partial charge in [-0.25, -0.2) is 0 Å². The van der Waals surface area contributed by atoms with Gasteiger partial charge >= 0.3 is 0 Å². The fraction of sp³-hybridized carbons (Fsp3) is 0.429. The maximum atomic E-state index is 6.05. The van der Waals surface area contributed by atoms with E-state index in [2.05, 4.69) is 29.8 Å². The zero-order valence-corrected chi connectivity index (χ0v) is 11.1. The number of piperazine rings is 1. The first-order valence-electron chi connectivity index (χ1n) is 6.01. The van der Waals surface area contributed by atoms with Gasteiger partial charge in [0.15, 0.2) is 0 Å². The number of halogens is 1. The second-order valence-electron chi connectivity index (χ2n) is 4.63. The first kappa shape index (κ1) is 12.7. The highest BCUT2D eigenvalue weighted by Crippen LogP contribution is 2.19. The molecule has 2 nitrogen and oxygen atoms in total. The first-order chi connectivity index (χ1) is 8.19. The Kier molecular flexibility index (Phi) is 4.32. The minimum atomic E-state index is 0.805. The van der Waals surface area contributed by atoms with E-state index in [-0.39, 0.29) is 0 Å². The van der Waals surface area contributed by atoms with Crippen molar-refractivity contribution in [2.24, 2.45) is 0 Å². The molecule has 3 heteroatoms. The fourth-order valence-corrected chi connectivity index (χ4v) is 2.35. The van der Waals surface area contributed by atoms with Crippen molar-refractivity contribution in [2.75, 3.05) is 33.2 Å². The average Bonchev–Trinajstić information content (AvgIpc) is 2.32. The molecular formula is C14H19ClN2. The fourth-order valence-electron chi connectivity index (χ4n) is 2.16. The van der Waals surface area contributed by atoms with Gasteiger partial charge in [-0.15, -0.1) is 6.42 Å². The molecule has 0 saturated carbocycles. The minimum Gasteiger partial charge on any atom is -0.304 e. The number of hydrogen-bond acceptors (Lipinski definition) is 2. The van der Waals surface area contributed by atoms with Crippen LogP contribution in [0.1, 0.15) is 11.1 Å². The molecule has 1 aromatic rings. The molecule has 0 amide bonds. The summed E-state index contributed by atoms with van der Waals surface area (Å²) in [7, 11) is 2.17. The second kappa shape index (κ2) is 5.76. The Bertz CT molecular complexity index is 370. The molecule has 0 spiro atoms. The maximum Gasteiger partial charge on any atom is 0.101 e. The summed E-state index contributed by atoms with van der Waals surface area (Å²) in [6, 6.07) is 6.02. The second-order valence-corrected chi connectivity index (χ2v) is 5.06. The number of hydrogen-bond donors (Lipinski definition) is 0. The topological polar surface area (TPSA) is 6.48 Å². The van der Waals surface area contributed by atoms with E-state index in [9.17, 15) is 0 Å². The summed E-state index contributed by atoms with van der Waals surface area (Å²) >= 11 is 6.05. The lowest BCUT2D eigenvalue weighted by molar-refractivity contribution is 0.148. The van der Waals surface area contributed by atoms with Crippen LogP contribution in [0.15, 0.2) is 18.2 Å². The van der Waals surface area contributed by atoms with E-state index in [4.69, 9.17) is 11.6 Å². The SMILES string of the molecule is [CH2-][CH+]c1ccc(Cl)cc1CN1CCN(C)CC1. The highest BCUT2D eigenvalue weighted by Gasteiger charge is 2.17. The lowest BCUT2D eigenvalue weighted by Gasteiger charge is -2.31. The molecule has 0 unspecified atom stereocenters. The summed E-state index contributed by atoms with van der Waals surface area (Å²) in [4.78, 5) is 4.83. The van der Waals surface area contributed by atoms with E-state index in [0.717, 1.165) is 37.7 Å². The molecule has 1 aliphatic rings. The molecule has 0 radical (unpaired) electrons. The van der Waals surface area contributed by atoms with Crippen molar-refractivity contribution in [1.82, 2.24) is 9.80 Å². The zero-order chi connectivity index (χ0) is 12.3. The Labute approximate surface area is 109 Å². The van der Waals surface area contributed by atoms with Crippen molar-refractivity contribution in [3.05, 3.63) is 47.7 Å². The van der Waals surface area contributed by atoms with Crippen LogP contribution in [-0.2, 0) is 6.54 Å². The predicted molar refractivity (Wildman–Crippen MR) is 73.0 cm³/mol. The highest BCUT2D eigenvalue weighted by molar-refractivity contribution is 6.30. The predicted octanol–water partition coefficient (Wildman–Crippen LogP) is 2.47. The quantitative estimate of drug-likeness (QED) is 0.761. The Morgan fingerprint density at radius 3 is 2.65 bits per heavy atom. The van der Waals surface area contributed by atoms with E-state index >= 15 is 0 Å². The van der Waals surface area contributed by atoms with Gasteiger partial charge in [0.1, 0.15) is 5.56 Å². The zero-order valence-electron chi connectivity index (χ0n) is 10.3. The lowest BCUT2D eigenvalue weighted by atomic mass is 10.0. The number of rotatable bonds is 3. The third-order valence-corrected chi connectivity index (χ3v) is 3.55. The van der Waals surface area contributed by atoms with Gasteiger partial charge in [-0.1, -0.05) is 11.6 Å². The van der Waals surface area contributed by atoms with Crippen LogP contribution in [0.3, 0.4) is 0 Å². The summed E-state index contributed by atoms with van der Waals surface area (Å²) in [5, 5.41) is 0.805. The third kappa shape index (κ3) is 3.38. The molecule has 1 fully saturated rings. The third-order valence-electron chi connectivity index (χ3n) is 3.31. The van der Waals surface area contributed by atoms with Crippen LogP contribution in [-0.4, -0.2) is 43.0 Å². The maximum absolute atomic E-state index is 6.05. The number of likely N-dealkylation sites (N-methyl/N-ethyl adjacent to an activating group) is 1. The number of benzene rings is 1. The van der Waals surface area contributed by atoms with Crippen molar-refractivity contribution in [3.8, 4) is 0 Å². The van der Waals surface area contributed by atoms with E-state index in [0.29, 0.717) is 0 Å². The molecule has 1 aliphatic heterocycles. The molecule has 0 atom stereocenters. The highest BCUT2D eigenvalue weighted by atomic mass is 35.5. The molecule has 1 heterocycles. The van der Waals surface area contributed by atoms with Crippen LogP contribution in [0.2, 0.25) is 5.02 Å². The molecule has 1 aromatic carbocycles. The van der Waals surface area contributed by atoms with E-state index in [1.54, 1.807) is 0 Å². The van der Waals surface area contributed by atoms with Crippen molar-refractivity contribution >= 4 is 11.6 Å². The van der Waals surface area contributed by atoms with Crippen molar-refractivity contribution in [2.45, 2.75) is 6.54 Å². The van der Waals surface area contributed by atoms with Gasteiger partial charge in [-0.3, -0.25) is 11.8 Å². The van der Waals surface area contributed by atoms with Gasteiger partial charge in [0, 0.05) is 44.4 Å². The van der Waals surface area contributed by atoms with Crippen LogP contribution in [0, 0.1) is 13.3 Å². The Hall–Kier alpha value is -0.700. The smallest absolute Gasteiger partial charge is 0.101 e. The van der Waals surface area contributed by atoms with Crippen LogP contribution in [0.25, 0.3) is 0 Å². The minimum absolute atomic E-state index is 0.805. The molecule has 0 aliphatic carbocycles. The summed E-state index contributed by atoms with van der Waals surface area (Å²) in [6.45, 7) is 9.36. The molecule has 2 rings (SSSR count). The molecule has 0 N–H and O–H groups in total. The standard InChI is InChI=1S/C14H19ClN2/c1-3-12-4-5-14(15)10-13(12)11-17-8-6-16(2)7-9-17/h3-5,10H,1,6-9,11H2,2H3. The van der Waals surface area contributed by atoms with Gasteiger partial charge in [0.25, 0.3) is 0 Å². The van der Waals surface area contributed by atoms with Gasteiger partial charge in [-0.2, -0.15) is 0 Å². The largest absolute Gasteiger partial charge is 0.304 e. The average molecular weight is 251 g/mol. The lowest BCUT2D eigenvalue weighted by Crippen LogP contribution is -2.43. The van der Waals surface area contributed by atoms with Crippen molar-refractivity contribution in [1.29, 1.82) is 0 Å². The van der Waals surface area contributed by atoms with E-state index in [1.165, 1.54) is 11.1 Å². The van der Waals surface area contributed by atoms with Crippen LogP contribution in [0.4, 0.5) is 0 Å². The summed E-state index contributed by atoms with van der Waals surface area (Å²) in [6.07, 6.45) is 1.90. The Morgan fingerprint density at radius 2 is 2.00 bits per heavy atom. The van der Waals surface area contributed by atoms with Gasteiger partial charge in [0.05, 0.1) is 17.1 Å². The first-order valence-corrected chi connectivity index (χ1v) is 6.38. The van der Waals surface area contributed by atoms with Crippen molar-refractivity contribution < 1.29 is 0 Å². The molecule has 0 aromatic heterocycles. The Balaban J connectivity index is 2.04. The van der Waals surface area contributed by atoms with Gasteiger partial charge < -0.3 is 4.90 Å².